The third kappa shape index (κ3) is 5.19. The molecule has 90 valence electrons. The number of hydrogen-bond donors (Lipinski definition) is 2. The van der Waals surface area contributed by atoms with Gasteiger partial charge in [0, 0.05) is 23.3 Å². The van der Waals surface area contributed by atoms with Gasteiger partial charge in [0.2, 0.25) is 0 Å². The summed E-state index contributed by atoms with van der Waals surface area (Å²) in [4.78, 5) is 0. The van der Waals surface area contributed by atoms with E-state index in [1.807, 2.05) is 18.2 Å². The number of benzene rings is 1. The molecule has 0 aromatic heterocycles. The first-order chi connectivity index (χ1) is 7.74. The summed E-state index contributed by atoms with van der Waals surface area (Å²) < 4.78 is 0.919. The Morgan fingerprint density at radius 1 is 1.19 bits per heavy atom. The zero-order valence-corrected chi connectivity index (χ0v) is 11.5. The Balaban J connectivity index is 2.19. The molecule has 2 N–H and O–H groups in total. The molecule has 0 fully saturated rings. The topological polar surface area (TPSA) is 32.3 Å². The molecule has 1 aromatic rings. The minimum Gasteiger partial charge on any atom is -0.396 e. The van der Waals surface area contributed by atoms with Crippen molar-refractivity contribution in [3.63, 3.8) is 0 Å². The quantitative estimate of drug-likeness (QED) is 0.744. The summed E-state index contributed by atoms with van der Waals surface area (Å²) >= 11 is 9.34. The fourth-order valence-corrected chi connectivity index (χ4v) is 1.86. The first-order valence-electron chi connectivity index (χ1n) is 5.54. The maximum Gasteiger partial charge on any atom is 0.0568 e. The van der Waals surface area contributed by atoms with Crippen LogP contribution in [0.2, 0.25) is 5.02 Å². The van der Waals surface area contributed by atoms with E-state index >= 15 is 0 Å². The lowest BCUT2D eigenvalue weighted by atomic mass is 10.2. The van der Waals surface area contributed by atoms with Crippen LogP contribution in [0.4, 0.5) is 5.69 Å². The van der Waals surface area contributed by atoms with Crippen molar-refractivity contribution in [1.29, 1.82) is 0 Å². The van der Waals surface area contributed by atoms with Crippen molar-refractivity contribution in [3.05, 3.63) is 27.7 Å². The van der Waals surface area contributed by atoms with E-state index in [1.54, 1.807) is 0 Å². The van der Waals surface area contributed by atoms with Gasteiger partial charge < -0.3 is 10.4 Å². The van der Waals surface area contributed by atoms with Crippen molar-refractivity contribution in [2.75, 3.05) is 18.5 Å². The average molecular weight is 307 g/mol. The molecular weight excluding hydrogens is 289 g/mol. The highest BCUT2D eigenvalue weighted by atomic mass is 79.9. The summed E-state index contributed by atoms with van der Waals surface area (Å²) in [6.45, 7) is 1.25. The Kier molecular flexibility index (Phi) is 6.85. The fourth-order valence-electron chi connectivity index (χ4n) is 1.43. The third-order valence-corrected chi connectivity index (χ3v) is 3.57. The van der Waals surface area contributed by atoms with Gasteiger partial charge in [-0.1, -0.05) is 24.4 Å². The molecule has 1 rings (SSSR count). The second-order valence-corrected chi connectivity index (χ2v) is 4.96. The van der Waals surface area contributed by atoms with Gasteiger partial charge in [0.05, 0.1) is 5.02 Å². The van der Waals surface area contributed by atoms with Gasteiger partial charge in [0.1, 0.15) is 0 Å². The minimum atomic E-state index is 0.301. The van der Waals surface area contributed by atoms with Crippen molar-refractivity contribution < 1.29 is 5.11 Å². The van der Waals surface area contributed by atoms with Gasteiger partial charge in [-0.2, -0.15) is 0 Å². The molecule has 4 heteroatoms. The van der Waals surface area contributed by atoms with Crippen LogP contribution in [0.25, 0.3) is 0 Å². The van der Waals surface area contributed by atoms with Gasteiger partial charge in [-0.3, -0.25) is 0 Å². The molecule has 16 heavy (non-hydrogen) atoms. The number of aliphatic hydroxyl groups is 1. The van der Waals surface area contributed by atoms with Crippen LogP contribution < -0.4 is 5.32 Å². The van der Waals surface area contributed by atoms with Gasteiger partial charge in [0.15, 0.2) is 0 Å². The Bertz CT molecular complexity index is 320. The molecule has 0 radical (unpaired) electrons. The third-order valence-electron chi connectivity index (χ3n) is 2.33. The Hall–Kier alpha value is -0.250. The number of hydrogen-bond acceptors (Lipinski definition) is 2. The average Bonchev–Trinajstić information content (AvgIpc) is 2.28. The number of aliphatic hydroxyl groups excluding tert-OH is 1. The van der Waals surface area contributed by atoms with Crippen LogP contribution in [0.5, 0.6) is 0 Å². The van der Waals surface area contributed by atoms with E-state index in [4.69, 9.17) is 16.7 Å². The molecule has 0 saturated heterocycles. The summed E-state index contributed by atoms with van der Waals surface area (Å²) in [5.74, 6) is 0. The lowest BCUT2D eigenvalue weighted by Gasteiger charge is -2.07. The van der Waals surface area contributed by atoms with Crippen LogP contribution in [0, 0.1) is 0 Å². The van der Waals surface area contributed by atoms with E-state index in [1.165, 1.54) is 0 Å². The Morgan fingerprint density at radius 3 is 2.62 bits per heavy atom. The van der Waals surface area contributed by atoms with Crippen LogP contribution in [-0.4, -0.2) is 18.3 Å². The molecule has 1 aromatic carbocycles. The van der Waals surface area contributed by atoms with Crippen LogP contribution in [0.3, 0.4) is 0 Å². The monoisotopic (exact) mass is 305 g/mol. The van der Waals surface area contributed by atoms with E-state index in [0.717, 1.165) is 47.4 Å². The molecule has 0 atom stereocenters. The first kappa shape index (κ1) is 13.8. The van der Waals surface area contributed by atoms with Crippen molar-refractivity contribution in [2.24, 2.45) is 0 Å². The number of nitrogens with one attached hydrogen (secondary N) is 1. The Morgan fingerprint density at radius 2 is 1.94 bits per heavy atom. The van der Waals surface area contributed by atoms with Crippen LogP contribution >= 0.6 is 27.5 Å². The number of halogens is 2. The van der Waals surface area contributed by atoms with Gasteiger partial charge >= 0.3 is 0 Å². The molecule has 0 aliphatic carbocycles. The van der Waals surface area contributed by atoms with Crippen molar-refractivity contribution in [2.45, 2.75) is 25.7 Å². The lowest BCUT2D eigenvalue weighted by Crippen LogP contribution is -2.01. The molecule has 0 bridgehead atoms. The summed E-state index contributed by atoms with van der Waals surface area (Å²) in [6, 6.07) is 5.86. The van der Waals surface area contributed by atoms with Crippen LogP contribution in [0.1, 0.15) is 25.7 Å². The van der Waals surface area contributed by atoms with Crippen LogP contribution in [-0.2, 0) is 0 Å². The maximum atomic E-state index is 8.62. The molecule has 0 amide bonds. The second-order valence-electron chi connectivity index (χ2n) is 3.69. The highest BCUT2D eigenvalue weighted by molar-refractivity contribution is 9.10. The summed E-state index contributed by atoms with van der Waals surface area (Å²) in [5, 5.41) is 12.7. The number of rotatable bonds is 7. The van der Waals surface area contributed by atoms with E-state index in [9.17, 15) is 0 Å². The molecule has 0 aliphatic rings. The minimum absolute atomic E-state index is 0.301. The number of unbranched alkanes of at least 4 members (excludes halogenated alkanes) is 3. The van der Waals surface area contributed by atoms with E-state index in [0.29, 0.717) is 6.61 Å². The molecule has 0 unspecified atom stereocenters. The van der Waals surface area contributed by atoms with Crippen molar-refractivity contribution in [3.8, 4) is 0 Å². The van der Waals surface area contributed by atoms with Gasteiger partial charge in [-0.25, -0.2) is 0 Å². The van der Waals surface area contributed by atoms with Gasteiger partial charge in [-0.05, 0) is 47.0 Å². The summed E-state index contributed by atoms with van der Waals surface area (Å²) in [7, 11) is 0. The zero-order chi connectivity index (χ0) is 11.8. The fraction of sp³-hybridized carbons (Fsp3) is 0.500. The van der Waals surface area contributed by atoms with Gasteiger partial charge in [-0.15, -0.1) is 0 Å². The normalized spacial score (nSPS) is 10.4. The molecule has 0 heterocycles. The van der Waals surface area contributed by atoms with Crippen LogP contribution in [0.15, 0.2) is 22.7 Å². The first-order valence-corrected chi connectivity index (χ1v) is 6.71. The SMILES string of the molecule is OCCCCCCNc1ccc(Br)c(Cl)c1. The van der Waals surface area contributed by atoms with E-state index in [2.05, 4.69) is 21.2 Å². The highest BCUT2D eigenvalue weighted by Crippen LogP contribution is 2.25. The van der Waals surface area contributed by atoms with Gasteiger partial charge in [0.25, 0.3) is 0 Å². The standard InChI is InChI=1S/C12H17BrClNO/c13-11-6-5-10(9-12(11)14)15-7-3-1-2-4-8-16/h5-6,9,15-16H,1-4,7-8H2. The zero-order valence-electron chi connectivity index (χ0n) is 9.18. The smallest absolute Gasteiger partial charge is 0.0568 e. The molecule has 0 aliphatic heterocycles. The largest absolute Gasteiger partial charge is 0.396 e. The Labute approximate surface area is 110 Å². The van der Waals surface area contributed by atoms with E-state index in [-0.39, 0.29) is 0 Å². The number of anilines is 1. The molecular formula is C12H17BrClNO. The predicted octanol–water partition coefficient (Wildman–Crippen LogP) is 4.07. The molecule has 0 saturated carbocycles. The van der Waals surface area contributed by atoms with Crippen molar-refractivity contribution in [1.82, 2.24) is 0 Å². The summed E-state index contributed by atoms with van der Waals surface area (Å²) in [6.07, 6.45) is 4.27. The molecule has 2 nitrogen and oxygen atoms in total. The molecule has 0 spiro atoms. The lowest BCUT2D eigenvalue weighted by molar-refractivity contribution is 0.283. The second kappa shape index (κ2) is 7.93. The highest BCUT2D eigenvalue weighted by Gasteiger charge is 1.98. The predicted molar refractivity (Wildman–Crippen MR) is 73.2 cm³/mol. The van der Waals surface area contributed by atoms with Crippen molar-refractivity contribution >= 4 is 33.2 Å². The maximum absolute atomic E-state index is 8.62. The summed E-state index contributed by atoms with van der Waals surface area (Å²) in [5.41, 5.74) is 1.05. The van der Waals surface area contributed by atoms with E-state index < -0.39 is 0 Å².